The SMILES string of the molecule is C=CC1=C(Cn2c3c(c4ccccc42)CCCC3)c2ccc(-c3cccc(C)c3-c3ccccc3C)cc2C1. The second-order valence-electron chi connectivity index (χ2n) is 11.3. The molecular formula is C38H35N. The molecule has 2 aliphatic carbocycles. The summed E-state index contributed by atoms with van der Waals surface area (Å²) in [7, 11) is 0. The van der Waals surface area contributed by atoms with Gasteiger partial charge in [0.05, 0.1) is 0 Å². The van der Waals surface area contributed by atoms with Crippen molar-refractivity contribution in [2.24, 2.45) is 0 Å². The van der Waals surface area contributed by atoms with Gasteiger partial charge in [0.15, 0.2) is 0 Å². The highest BCUT2D eigenvalue weighted by molar-refractivity contribution is 5.90. The average molecular weight is 506 g/mol. The number of hydrogen-bond acceptors (Lipinski definition) is 0. The number of para-hydroxylation sites is 1. The van der Waals surface area contributed by atoms with Gasteiger partial charge in [-0.3, -0.25) is 0 Å². The highest BCUT2D eigenvalue weighted by Crippen LogP contribution is 2.42. The first-order chi connectivity index (χ1) is 19.1. The predicted octanol–water partition coefficient (Wildman–Crippen LogP) is 9.67. The van der Waals surface area contributed by atoms with Crippen LogP contribution >= 0.6 is 0 Å². The van der Waals surface area contributed by atoms with Gasteiger partial charge in [-0.2, -0.15) is 0 Å². The smallest absolute Gasteiger partial charge is 0.0488 e. The van der Waals surface area contributed by atoms with Crippen molar-refractivity contribution >= 4 is 16.5 Å². The third kappa shape index (κ3) is 3.91. The van der Waals surface area contributed by atoms with E-state index in [0.717, 1.165) is 13.0 Å². The molecule has 7 rings (SSSR count). The fourth-order valence-electron chi connectivity index (χ4n) is 7.11. The molecule has 0 amide bonds. The highest BCUT2D eigenvalue weighted by atomic mass is 15.0. The summed E-state index contributed by atoms with van der Waals surface area (Å²) in [6, 6.07) is 31.6. The van der Waals surface area contributed by atoms with Crippen molar-refractivity contribution in [3.8, 4) is 22.3 Å². The highest BCUT2D eigenvalue weighted by Gasteiger charge is 2.25. The van der Waals surface area contributed by atoms with E-state index >= 15 is 0 Å². The van der Waals surface area contributed by atoms with Crippen LogP contribution in [0.25, 0.3) is 38.7 Å². The number of allylic oxidation sites excluding steroid dienone is 3. The van der Waals surface area contributed by atoms with Gasteiger partial charge in [0.2, 0.25) is 0 Å². The van der Waals surface area contributed by atoms with Gasteiger partial charge in [-0.1, -0.05) is 91.5 Å². The van der Waals surface area contributed by atoms with Crippen LogP contribution in [0.2, 0.25) is 0 Å². The second-order valence-corrected chi connectivity index (χ2v) is 11.3. The molecule has 0 saturated carbocycles. The Balaban J connectivity index is 1.32. The number of hydrogen-bond donors (Lipinski definition) is 0. The van der Waals surface area contributed by atoms with Crippen molar-refractivity contribution in [2.75, 3.05) is 0 Å². The minimum Gasteiger partial charge on any atom is -0.340 e. The fourth-order valence-corrected chi connectivity index (χ4v) is 7.11. The summed E-state index contributed by atoms with van der Waals surface area (Å²) in [5, 5.41) is 1.45. The van der Waals surface area contributed by atoms with Gasteiger partial charge < -0.3 is 4.57 Å². The molecule has 2 aliphatic rings. The van der Waals surface area contributed by atoms with Crippen LogP contribution in [0.5, 0.6) is 0 Å². The van der Waals surface area contributed by atoms with Crippen LogP contribution in [0.4, 0.5) is 0 Å². The molecule has 1 heterocycles. The second kappa shape index (κ2) is 9.58. The Kier molecular flexibility index (Phi) is 5.89. The van der Waals surface area contributed by atoms with Gasteiger partial charge in [-0.25, -0.2) is 0 Å². The molecular weight excluding hydrogens is 470 g/mol. The Morgan fingerprint density at radius 1 is 0.769 bits per heavy atom. The molecule has 1 aromatic heterocycles. The summed E-state index contributed by atoms with van der Waals surface area (Å²) in [5.74, 6) is 0. The number of aromatic nitrogens is 1. The van der Waals surface area contributed by atoms with E-state index in [9.17, 15) is 0 Å². The average Bonchev–Trinajstić information content (AvgIpc) is 3.49. The van der Waals surface area contributed by atoms with Crippen molar-refractivity contribution < 1.29 is 0 Å². The zero-order chi connectivity index (χ0) is 26.5. The van der Waals surface area contributed by atoms with Gasteiger partial charge in [0.1, 0.15) is 0 Å². The topological polar surface area (TPSA) is 4.93 Å². The molecule has 0 N–H and O–H groups in total. The van der Waals surface area contributed by atoms with Crippen LogP contribution in [0.15, 0.2) is 103 Å². The van der Waals surface area contributed by atoms with Gasteiger partial charge >= 0.3 is 0 Å². The van der Waals surface area contributed by atoms with E-state index in [0.29, 0.717) is 0 Å². The zero-order valence-corrected chi connectivity index (χ0v) is 23.1. The van der Waals surface area contributed by atoms with Gasteiger partial charge in [0.25, 0.3) is 0 Å². The molecule has 0 radical (unpaired) electrons. The monoisotopic (exact) mass is 505 g/mol. The molecule has 0 bridgehead atoms. The van der Waals surface area contributed by atoms with Crippen LogP contribution in [-0.4, -0.2) is 4.57 Å². The lowest BCUT2D eigenvalue weighted by atomic mass is 9.88. The Hall–Kier alpha value is -4.10. The van der Waals surface area contributed by atoms with E-state index in [4.69, 9.17) is 0 Å². The molecule has 1 heteroatoms. The van der Waals surface area contributed by atoms with Crippen LogP contribution < -0.4 is 0 Å². The maximum Gasteiger partial charge on any atom is 0.0488 e. The molecule has 0 saturated heterocycles. The number of fused-ring (bicyclic) bond motifs is 4. The third-order valence-electron chi connectivity index (χ3n) is 9.04. The van der Waals surface area contributed by atoms with Crippen molar-refractivity contribution in [3.05, 3.63) is 137 Å². The predicted molar refractivity (Wildman–Crippen MR) is 166 cm³/mol. The summed E-state index contributed by atoms with van der Waals surface area (Å²) >= 11 is 0. The minimum absolute atomic E-state index is 0.919. The maximum atomic E-state index is 4.24. The summed E-state index contributed by atoms with van der Waals surface area (Å²) in [6.45, 7) is 9.61. The molecule has 5 aromatic rings. The van der Waals surface area contributed by atoms with E-state index in [1.165, 1.54) is 92.2 Å². The first-order valence-electron chi connectivity index (χ1n) is 14.4. The fraction of sp³-hybridized carbons (Fsp3) is 0.211. The normalized spacial score (nSPS) is 14.5. The Labute approximate surface area is 232 Å². The quantitative estimate of drug-likeness (QED) is 0.224. The molecule has 192 valence electrons. The number of rotatable bonds is 5. The zero-order valence-electron chi connectivity index (χ0n) is 23.1. The molecule has 0 atom stereocenters. The van der Waals surface area contributed by atoms with Crippen molar-refractivity contribution in [1.82, 2.24) is 4.57 Å². The summed E-state index contributed by atoms with van der Waals surface area (Å²) in [6.07, 6.45) is 8.03. The summed E-state index contributed by atoms with van der Waals surface area (Å²) < 4.78 is 2.61. The molecule has 0 spiro atoms. The number of benzene rings is 4. The van der Waals surface area contributed by atoms with Gasteiger partial charge in [0, 0.05) is 23.1 Å². The molecule has 4 aromatic carbocycles. The van der Waals surface area contributed by atoms with E-state index in [-0.39, 0.29) is 0 Å². The standard InChI is InChI=1S/C38H35N/c1-4-27-22-29-23-28(32-17-11-13-26(3)38(32)30-14-6-5-12-25(30)2)20-21-31(29)35(27)24-39-36-18-9-7-15-33(36)34-16-8-10-19-37(34)39/h4-7,9,11-15,17-18,20-21,23H,1,8,10,16,19,22,24H2,2-3H3. The first-order valence-corrected chi connectivity index (χ1v) is 14.4. The Morgan fingerprint density at radius 3 is 2.41 bits per heavy atom. The van der Waals surface area contributed by atoms with Crippen molar-refractivity contribution in [2.45, 2.75) is 52.5 Å². The van der Waals surface area contributed by atoms with Crippen molar-refractivity contribution in [1.29, 1.82) is 0 Å². The summed E-state index contributed by atoms with van der Waals surface area (Å²) in [5.41, 5.74) is 18.0. The first kappa shape index (κ1) is 24.0. The number of nitrogens with zero attached hydrogens (tertiary/aromatic N) is 1. The Morgan fingerprint density at radius 2 is 1.54 bits per heavy atom. The lowest BCUT2D eigenvalue weighted by molar-refractivity contribution is 0.643. The summed E-state index contributed by atoms with van der Waals surface area (Å²) in [4.78, 5) is 0. The van der Waals surface area contributed by atoms with Crippen molar-refractivity contribution in [3.63, 3.8) is 0 Å². The van der Waals surface area contributed by atoms with E-state index in [1.807, 2.05) is 0 Å². The molecule has 0 aliphatic heterocycles. The number of aryl methyl sites for hydroxylation is 3. The van der Waals surface area contributed by atoms with Crippen LogP contribution in [0.1, 0.15) is 46.4 Å². The van der Waals surface area contributed by atoms with Crippen LogP contribution in [0, 0.1) is 13.8 Å². The Bertz CT molecular complexity index is 1790. The third-order valence-corrected chi connectivity index (χ3v) is 9.04. The molecule has 39 heavy (non-hydrogen) atoms. The maximum absolute atomic E-state index is 4.24. The lowest BCUT2D eigenvalue weighted by Crippen LogP contribution is -2.09. The van der Waals surface area contributed by atoms with Crippen LogP contribution in [-0.2, 0) is 25.8 Å². The molecule has 0 fully saturated rings. The van der Waals surface area contributed by atoms with Gasteiger partial charge in [-0.15, -0.1) is 0 Å². The lowest BCUT2D eigenvalue weighted by Gasteiger charge is -2.18. The van der Waals surface area contributed by atoms with Gasteiger partial charge in [-0.05, 0) is 113 Å². The van der Waals surface area contributed by atoms with E-state index < -0.39 is 0 Å². The largest absolute Gasteiger partial charge is 0.340 e. The molecule has 1 nitrogen and oxygen atoms in total. The minimum atomic E-state index is 0.919. The molecule has 0 unspecified atom stereocenters. The van der Waals surface area contributed by atoms with Crippen LogP contribution in [0.3, 0.4) is 0 Å². The van der Waals surface area contributed by atoms with E-state index in [1.54, 1.807) is 11.3 Å². The van der Waals surface area contributed by atoms with E-state index in [2.05, 4.69) is 116 Å².